The summed E-state index contributed by atoms with van der Waals surface area (Å²) in [5.41, 5.74) is 0. The summed E-state index contributed by atoms with van der Waals surface area (Å²) in [6.07, 6.45) is 7.28. The summed E-state index contributed by atoms with van der Waals surface area (Å²) >= 11 is 0. The summed E-state index contributed by atoms with van der Waals surface area (Å²) in [6, 6.07) is -0.160. The van der Waals surface area contributed by atoms with Gasteiger partial charge in [0.1, 0.15) is 0 Å². The summed E-state index contributed by atoms with van der Waals surface area (Å²) in [5.74, 6) is -0.764. The minimum absolute atomic E-state index is 0.160. The molecule has 0 heterocycles. The Morgan fingerprint density at radius 2 is 1.82 bits per heavy atom. The number of hydrogen-bond acceptors (Lipinski definition) is 2. The van der Waals surface area contributed by atoms with Crippen LogP contribution < -0.4 is 10.6 Å². The van der Waals surface area contributed by atoms with Crippen molar-refractivity contribution in [2.45, 2.75) is 39.0 Å². The lowest BCUT2D eigenvalue weighted by atomic mass is 10.2. The average molecular weight is 242 g/mol. The van der Waals surface area contributed by atoms with Gasteiger partial charge in [-0.25, -0.2) is 4.79 Å². The second-order valence-electron chi connectivity index (χ2n) is 3.74. The zero-order valence-corrected chi connectivity index (χ0v) is 10.4. The zero-order valence-electron chi connectivity index (χ0n) is 10.4. The molecule has 0 atom stereocenters. The molecule has 0 unspecified atom stereocenters. The summed E-state index contributed by atoms with van der Waals surface area (Å²) in [7, 11) is 0. The number of carbonyl (C=O) groups excluding carboxylic acids is 1. The lowest BCUT2D eigenvalue weighted by molar-refractivity contribution is -0.137. The third-order valence-corrected chi connectivity index (χ3v) is 2.19. The first-order valence-electron chi connectivity index (χ1n) is 6.01. The number of amides is 2. The van der Waals surface area contributed by atoms with Gasteiger partial charge in [0.2, 0.25) is 0 Å². The number of unbranched alkanes of at least 4 members (excludes halogenated alkanes) is 2. The molecule has 5 nitrogen and oxygen atoms in total. The van der Waals surface area contributed by atoms with Gasteiger partial charge in [0.25, 0.3) is 0 Å². The summed E-state index contributed by atoms with van der Waals surface area (Å²) in [6.45, 7) is 3.17. The number of hydrogen-bond donors (Lipinski definition) is 3. The predicted octanol–water partition coefficient (Wildman–Crippen LogP) is 1.90. The fourth-order valence-electron chi connectivity index (χ4n) is 1.28. The normalized spacial score (nSPS) is 10.4. The first kappa shape index (κ1) is 15.5. The monoisotopic (exact) mass is 242 g/mol. The van der Waals surface area contributed by atoms with Crippen LogP contribution in [0.5, 0.6) is 0 Å². The molecule has 0 aliphatic carbocycles. The van der Waals surface area contributed by atoms with Gasteiger partial charge < -0.3 is 15.7 Å². The molecule has 0 spiro atoms. The van der Waals surface area contributed by atoms with Gasteiger partial charge in [0.05, 0.1) is 0 Å². The Morgan fingerprint density at radius 1 is 1.12 bits per heavy atom. The molecule has 5 heteroatoms. The van der Waals surface area contributed by atoms with E-state index in [0.29, 0.717) is 19.5 Å². The summed E-state index contributed by atoms with van der Waals surface area (Å²) < 4.78 is 0. The Labute approximate surface area is 102 Å². The van der Waals surface area contributed by atoms with Gasteiger partial charge in [-0.2, -0.15) is 0 Å². The quantitative estimate of drug-likeness (QED) is 0.427. The number of rotatable bonds is 9. The first-order chi connectivity index (χ1) is 8.16. The van der Waals surface area contributed by atoms with Gasteiger partial charge in [0, 0.05) is 19.5 Å². The average Bonchev–Trinajstić information content (AvgIpc) is 2.29. The summed E-state index contributed by atoms with van der Waals surface area (Å²) in [4.78, 5) is 21.4. The van der Waals surface area contributed by atoms with Gasteiger partial charge in [0.15, 0.2) is 0 Å². The van der Waals surface area contributed by atoms with Crippen LogP contribution in [0.15, 0.2) is 12.2 Å². The van der Waals surface area contributed by atoms with Crippen molar-refractivity contribution in [1.29, 1.82) is 0 Å². The highest BCUT2D eigenvalue weighted by Gasteiger charge is 1.99. The van der Waals surface area contributed by atoms with Crippen LogP contribution in [0.2, 0.25) is 0 Å². The standard InChI is InChI=1S/C12H22N2O3/c1-2-3-6-9-13-12(17)14-10-7-4-5-8-11(15)16/h2-3H,4-10H2,1H3,(H,15,16)(H2,13,14,17)/b3-2+. The van der Waals surface area contributed by atoms with Crippen molar-refractivity contribution in [1.82, 2.24) is 10.6 Å². The second kappa shape index (κ2) is 11.0. The highest BCUT2D eigenvalue weighted by atomic mass is 16.4. The lowest BCUT2D eigenvalue weighted by Crippen LogP contribution is -2.36. The molecule has 0 fully saturated rings. The maximum atomic E-state index is 11.2. The minimum atomic E-state index is -0.764. The molecule has 0 rings (SSSR count). The van der Waals surface area contributed by atoms with Crippen LogP contribution in [0.3, 0.4) is 0 Å². The highest BCUT2D eigenvalue weighted by molar-refractivity contribution is 5.73. The van der Waals surface area contributed by atoms with E-state index in [4.69, 9.17) is 5.11 Å². The van der Waals surface area contributed by atoms with Gasteiger partial charge in [-0.05, 0) is 26.2 Å². The Kier molecular flexibility index (Phi) is 10.00. The van der Waals surface area contributed by atoms with E-state index in [0.717, 1.165) is 19.3 Å². The van der Waals surface area contributed by atoms with E-state index in [1.807, 2.05) is 19.1 Å². The Balaban J connectivity index is 3.24. The first-order valence-corrected chi connectivity index (χ1v) is 6.01. The molecule has 0 aliphatic heterocycles. The third kappa shape index (κ3) is 12.4. The van der Waals surface area contributed by atoms with Crippen LogP contribution in [0.25, 0.3) is 0 Å². The molecule has 3 N–H and O–H groups in total. The van der Waals surface area contributed by atoms with E-state index in [-0.39, 0.29) is 12.5 Å². The Bertz CT molecular complexity index is 252. The lowest BCUT2D eigenvalue weighted by Gasteiger charge is -2.06. The highest BCUT2D eigenvalue weighted by Crippen LogP contribution is 1.98. The molecule has 2 amide bonds. The van der Waals surface area contributed by atoms with E-state index < -0.39 is 5.97 Å². The van der Waals surface area contributed by atoms with Crippen molar-refractivity contribution in [2.75, 3.05) is 13.1 Å². The summed E-state index contributed by atoms with van der Waals surface area (Å²) in [5, 5.41) is 13.9. The molecule has 98 valence electrons. The number of nitrogens with one attached hydrogen (secondary N) is 2. The van der Waals surface area contributed by atoms with Crippen molar-refractivity contribution in [2.24, 2.45) is 0 Å². The van der Waals surface area contributed by atoms with Crippen molar-refractivity contribution in [3.63, 3.8) is 0 Å². The van der Waals surface area contributed by atoms with Gasteiger partial charge in [-0.1, -0.05) is 18.6 Å². The van der Waals surface area contributed by atoms with Crippen LogP contribution in [0.4, 0.5) is 4.79 Å². The minimum Gasteiger partial charge on any atom is -0.481 e. The molecule has 0 saturated heterocycles. The van der Waals surface area contributed by atoms with Crippen LogP contribution in [-0.2, 0) is 4.79 Å². The van der Waals surface area contributed by atoms with Gasteiger partial charge >= 0.3 is 12.0 Å². The molecule has 0 saturated carbocycles. The van der Waals surface area contributed by atoms with Gasteiger partial charge in [-0.15, -0.1) is 0 Å². The van der Waals surface area contributed by atoms with Gasteiger partial charge in [-0.3, -0.25) is 4.79 Å². The molecule has 0 aromatic heterocycles. The van der Waals surface area contributed by atoms with Crippen LogP contribution in [-0.4, -0.2) is 30.2 Å². The number of aliphatic carboxylic acids is 1. The number of carboxylic acid groups (broad SMARTS) is 1. The molecule has 0 bridgehead atoms. The van der Waals surface area contributed by atoms with Crippen LogP contribution >= 0.6 is 0 Å². The number of allylic oxidation sites excluding steroid dienone is 1. The van der Waals surface area contributed by atoms with Crippen molar-refractivity contribution < 1.29 is 14.7 Å². The maximum Gasteiger partial charge on any atom is 0.314 e. The zero-order chi connectivity index (χ0) is 12.9. The van der Waals surface area contributed by atoms with Crippen LogP contribution in [0, 0.1) is 0 Å². The Morgan fingerprint density at radius 3 is 2.47 bits per heavy atom. The van der Waals surface area contributed by atoms with Crippen molar-refractivity contribution in [3.05, 3.63) is 12.2 Å². The molecule has 0 aromatic rings. The van der Waals surface area contributed by atoms with E-state index >= 15 is 0 Å². The molecule has 0 radical (unpaired) electrons. The number of carbonyl (C=O) groups is 2. The van der Waals surface area contributed by atoms with E-state index in [1.54, 1.807) is 0 Å². The predicted molar refractivity (Wildman–Crippen MR) is 66.9 cm³/mol. The van der Waals surface area contributed by atoms with E-state index in [2.05, 4.69) is 10.6 Å². The van der Waals surface area contributed by atoms with Crippen molar-refractivity contribution in [3.8, 4) is 0 Å². The van der Waals surface area contributed by atoms with E-state index in [1.165, 1.54) is 0 Å². The molecular formula is C12H22N2O3. The maximum absolute atomic E-state index is 11.2. The van der Waals surface area contributed by atoms with E-state index in [9.17, 15) is 9.59 Å². The second-order valence-corrected chi connectivity index (χ2v) is 3.74. The van der Waals surface area contributed by atoms with Crippen molar-refractivity contribution >= 4 is 12.0 Å². The largest absolute Gasteiger partial charge is 0.481 e. The fourth-order valence-corrected chi connectivity index (χ4v) is 1.28. The smallest absolute Gasteiger partial charge is 0.314 e. The molecule has 0 aliphatic rings. The topological polar surface area (TPSA) is 78.4 Å². The van der Waals surface area contributed by atoms with Crippen LogP contribution in [0.1, 0.15) is 39.0 Å². The number of carboxylic acids is 1. The SMILES string of the molecule is C/C=C/CCNC(=O)NCCCCCC(=O)O. The molecule has 17 heavy (non-hydrogen) atoms. The fraction of sp³-hybridized carbons (Fsp3) is 0.667. The Hall–Kier alpha value is -1.52. The molecule has 0 aromatic carbocycles. The third-order valence-electron chi connectivity index (χ3n) is 2.19. The molecular weight excluding hydrogens is 220 g/mol. The number of urea groups is 1.